The van der Waals surface area contributed by atoms with E-state index in [1.807, 2.05) is 20.0 Å². The lowest BCUT2D eigenvalue weighted by atomic mass is 9.92. The highest BCUT2D eigenvalue weighted by Crippen LogP contribution is 2.33. The van der Waals surface area contributed by atoms with Crippen LogP contribution in [0.5, 0.6) is 0 Å². The zero-order valence-corrected chi connectivity index (χ0v) is 15.8. The van der Waals surface area contributed by atoms with Gasteiger partial charge in [-0.15, -0.1) is 11.3 Å². The van der Waals surface area contributed by atoms with Crippen LogP contribution in [-0.2, 0) is 18.9 Å². The summed E-state index contributed by atoms with van der Waals surface area (Å²) >= 11 is 1.74. The molecule has 130 valence electrons. The summed E-state index contributed by atoms with van der Waals surface area (Å²) in [5, 5.41) is 11.5. The number of urea groups is 1. The Morgan fingerprint density at radius 1 is 1.42 bits per heavy atom. The van der Waals surface area contributed by atoms with Gasteiger partial charge < -0.3 is 5.32 Å². The third-order valence-corrected chi connectivity index (χ3v) is 5.30. The first-order valence-corrected chi connectivity index (χ1v) is 9.14. The number of aryl methyl sites for hydroxylation is 3. The number of nitrogens with one attached hydrogen (secondary N) is 2. The van der Waals surface area contributed by atoms with Crippen LogP contribution >= 0.6 is 11.3 Å². The van der Waals surface area contributed by atoms with Crippen molar-refractivity contribution in [3.8, 4) is 0 Å². The first-order valence-electron chi connectivity index (χ1n) is 8.32. The number of carbonyl (C=O) groups excluding carboxylic acids is 1. The Kier molecular flexibility index (Phi) is 4.38. The molecule has 0 unspecified atom stereocenters. The van der Waals surface area contributed by atoms with Crippen LogP contribution in [0.3, 0.4) is 0 Å². The molecule has 0 fully saturated rings. The fraction of sp³-hybridized carbons (Fsp3) is 0.588. The van der Waals surface area contributed by atoms with Gasteiger partial charge in [0.2, 0.25) is 0 Å². The molecule has 0 aliphatic heterocycles. The molecule has 0 aromatic carbocycles. The van der Waals surface area contributed by atoms with Gasteiger partial charge in [-0.3, -0.25) is 10.00 Å². The molecule has 1 aliphatic carbocycles. The van der Waals surface area contributed by atoms with Crippen LogP contribution in [0.2, 0.25) is 0 Å². The fourth-order valence-corrected chi connectivity index (χ4v) is 3.98. The fourth-order valence-electron chi connectivity index (χ4n) is 2.94. The summed E-state index contributed by atoms with van der Waals surface area (Å²) in [5.74, 6) is 0.697. The van der Waals surface area contributed by atoms with Crippen LogP contribution < -0.4 is 10.6 Å². The molecule has 2 aromatic rings. The number of nitrogens with zero attached hydrogens (tertiary/aromatic N) is 3. The summed E-state index contributed by atoms with van der Waals surface area (Å²) in [4.78, 5) is 18.3. The average molecular weight is 347 g/mol. The van der Waals surface area contributed by atoms with E-state index in [0.717, 1.165) is 35.7 Å². The van der Waals surface area contributed by atoms with Crippen molar-refractivity contribution in [1.82, 2.24) is 20.1 Å². The van der Waals surface area contributed by atoms with Crippen LogP contribution in [-0.4, -0.2) is 20.8 Å². The van der Waals surface area contributed by atoms with Crippen molar-refractivity contribution in [3.05, 3.63) is 27.3 Å². The van der Waals surface area contributed by atoms with Crippen molar-refractivity contribution in [3.63, 3.8) is 0 Å². The van der Waals surface area contributed by atoms with Gasteiger partial charge >= 0.3 is 6.03 Å². The highest BCUT2D eigenvalue weighted by atomic mass is 32.1. The van der Waals surface area contributed by atoms with Crippen molar-refractivity contribution >= 4 is 23.2 Å². The second kappa shape index (κ2) is 6.20. The number of amides is 2. The lowest BCUT2D eigenvalue weighted by Crippen LogP contribution is -2.34. The quantitative estimate of drug-likeness (QED) is 0.870. The van der Waals surface area contributed by atoms with E-state index in [2.05, 4.69) is 41.5 Å². The van der Waals surface area contributed by atoms with Gasteiger partial charge in [-0.05, 0) is 26.2 Å². The standard InChI is InChI=1S/C17H25N5OS/c1-10-18-15-11(7-6-8-12(15)24-10)19-16(23)20-14-9-13(17(2,3)4)21-22(14)5/h9,11H,6-8H2,1-5H3,(H2,19,20,23)/t11-/m1/s1. The maximum Gasteiger partial charge on any atom is 0.320 e. The third kappa shape index (κ3) is 3.45. The van der Waals surface area contributed by atoms with Gasteiger partial charge in [0.25, 0.3) is 0 Å². The van der Waals surface area contributed by atoms with Crippen molar-refractivity contribution < 1.29 is 4.79 Å². The molecule has 0 bridgehead atoms. The van der Waals surface area contributed by atoms with Gasteiger partial charge in [-0.1, -0.05) is 20.8 Å². The van der Waals surface area contributed by atoms with E-state index < -0.39 is 0 Å². The molecule has 2 heterocycles. The van der Waals surface area contributed by atoms with Crippen molar-refractivity contribution in [2.45, 2.75) is 58.4 Å². The Morgan fingerprint density at radius 2 is 2.17 bits per heavy atom. The summed E-state index contributed by atoms with van der Waals surface area (Å²) in [6.07, 6.45) is 3.08. The minimum Gasteiger partial charge on any atom is -0.329 e. The Hall–Kier alpha value is -1.89. The van der Waals surface area contributed by atoms with Gasteiger partial charge in [-0.2, -0.15) is 5.10 Å². The van der Waals surface area contributed by atoms with Crippen molar-refractivity contribution in [2.24, 2.45) is 7.05 Å². The largest absolute Gasteiger partial charge is 0.329 e. The Morgan fingerprint density at radius 3 is 2.83 bits per heavy atom. The smallest absolute Gasteiger partial charge is 0.320 e. The molecule has 1 atom stereocenters. The van der Waals surface area contributed by atoms with Crippen LogP contribution in [0.15, 0.2) is 6.07 Å². The molecule has 0 spiro atoms. The van der Waals surface area contributed by atoms with Crippen LogP contribution in [0.25, 0.3) is 0 Å². The maximum absolute atomic E-state index is 12.4. The first-order chi connectivity index (χ1) is 11.2. The SMILES string of the molecule is Cc1nc2c(s1)CCC[C@H]2NC(=O)Nc1cc(C(C)(C)C)nn1C. The number of thiazole rings is 1. The molecular formula is C17H25N5OS. The Labute approximate surface area is 146 Å². The van der Waals surface area contributed by atoms with Gasteiger partial charge in [-0.25, -0.2) is 9.78 Å². The molecule has 24 heavy (non-hydrogen) atoms. The zero-order valence-electron chi connectivity index (χ0n) is 14.9. The number of hydrogen-bond acceptors (Lipinski definition) is 4. The molecule has 6 nitrogen and oxygen atoms in total. The number of fused-ring (bicyclic) bond motifs is 1. The summed E-state index contributed by atoms with van der Waals surface area (Å²) in [5.41, 5.74) is 1.94. The predicted molar refractivity (Wildman–Crippen MR) is 96.6 cm³/mol. The highest BCUT2D eigenvalue weighted by molar-refractivity contribution is 7.11. The molecule has 3 rings (SSSR count). The number of rotatable bonds is 2. The minimum absolute atomic E-state index is 0.00554. The van der Waals surface area contributed by atoms with Gasteiger partial charge in [0.15, 0.2) is 0 Å². The number of aromatic nitrogens is 3. The second-order valence-corrected chi connectivity index (χ2v) is 8.66. The molecular weight excluding hydrogens is 322 g/mol. The molecule has 7 heteroatoms. The zero-order chi connectivity index (χ0) is 17.5. The summed E-state index contributed by atoms with van der Waals surface area (Å²) < 4.78 is 1.71. The number of hydrogen-bond donors (Lipinski definition) is 2. The van der Waals surface area contributed by atoms with Crippen LogP contribution in [0.1, 0.15) is 60.9 Å². The van der Waals surface area contributed by atoms with E-state index in [1.165, 1.54) is 4.88 Å². The number of anilines is 1. The van der Waals surface area contributed by atoms with Gasteiger partial charge in [0.05, 0.1) is 22.4 Å². The van der Waals surface area contributed by atoms with Gasteiger partial charge in [0, 0.05) is 23.4 Å². The molecule has 0 saturated heterocycles. The molecule has 1 aliphatic rings. The van der Waals surface area contributed by atoms with Crippen molar-refractivity contribution in [1.29, 1.82) is 0 Å². The Bertz CT molecular complexity index is 756. The van der Waals surface area contributed by atoms with E-state index in [0.29, 0.717) is 5.82 Å². The average Bonchev–Trinajstić information content (AvgIpc) is 3.02. The molecule has 2 amide bonds. The topological polar surface area (TPSA) is 71.8 Å². The van der Waals surface area contributed by atoms with Crippen LogP contribution in [0, 0.1) is 6.92 Å². The van der Waals surface area contributed by atoms with Crippen LogP contribution in [0.4, 0.5) is 10.6 Å². The monoisotopic (exact) mass is 347 g/mol. The maximum atomic E-state index is 12.4. The summed E-state index contributed by atoms with van der Waals surface area (Å²) in [7, 11) is 1.84. The normalized spacial score (nSPS) is 17.5. The molecule has 2 N–H and O–H groups in total. The van der Waals surface area contributed by atoms with E-state index in [1.54, 1.807) is 16.0 Å². The minimum atomic E-state index is -0.207. The molecule has 0 saturated carbocycles. The van der Waals surface area contributed by atoms with E-state index in [-0.39, 0.29) is 17.5 Å². The summed E-state index contributed by atoms with van der Waals surface area (Å²) in [6.45, 7) is 8.33. The van der Waals surface area contributed by atoms with Crippen molar-refractivity contribution in [2.75, 3.05) is 5.32 Å². The van der Waals surface area contributed by atoms with Gasteiger partial charge in [0.1, 0.15) is 5.82 Å². The lowest BCUT2D eigenvalue weighted by Gasteiger charge is -2.22. The van der Waals surface area contributed by atoms with E-state index in [9.17, 15) is 4.79 Å². The number of carbonyl (C=O) groups is 1. The third-order valence-electron chi connectivity index (χ3n) is 4.26. The molecule has 2 aromatic heterocycles. The lowest BCUT2D eigenvalue weighted by molar-refractivity contribution is 0.246. The molecule has 0 radical (unpaired) electrons. The predicted octanol–water partition coefficient (Wildman–Crippen LogP) is 3.68. The van der Waals surface area contributed by atoms with E-state index >= 15 is 0 Å². The first kappa shape index (κ1) is 17.0. The summed E-state index contributed by atoms with van der Waals surface area (Å²) in [6, 6.07) is 1.72. The van der Waals surface area contributed by atoms with E-state index in [4.69, 9.17) is 0 Å². The Balaban J connectivity index is 1.70. The highest BCUT2D eigenvalue weighted by Gasteiger charge is 2.26. The second-order valence-electron chi connectivity index (χ2n) is 7.37.